The van der Waals surface area contributed by atoms with Gasteiger partial charge < -0.3 is 9.47 Å². The molecule has 0 unspecified atom stereocenters. The van der Waals surface area contributed by atoms with Crippen molar-refractivity contribution >= 4 is 44.9 Å². The minimum atomic E-state index is -0.331. The fraction of sp³-hybridized carbons (Fsp3) is 0.148. The highest BCUT2D eigenvalue weighted by Gasteiger charge is 2.35. The smallest absolute Gasteiger partial charge is 0.293 e. The first kappa shape index (κ1) is 24.6. The van der Waals surface area contributed by atoms with E-state index in [4.69, 9.17) is 9.47 Å². The lowest BCUT2D eigenvalue weighted by Crippen LogP contribution is -2.27. The number of benzene rings is 3. The van der Waals surface area contributed by atoms with E-state index in [9.17, 15) is 14.9 Å². The SMILES string of the molecule is CCOc1cc(/C=C2/SC(=O)N(Cc3ccccc3Br)C2=O)ccc1OCc1ccccc1C#N. The minimum Gasteiger partial charge on any atom is -0.490 e. The molecule has 1 aliphatic rings. The normalized spacial score (nSPS) is 14.3. The molecule has 0 atom stereocenters. The molecular formula is C27H21BrN2O4S. The Morgan fingerprint density at radius 1 is 1.00 bits per heavy atom. The molecule has 2 amide bonds. The van der Waals surface area contributed by atoms with Gasteiger partial charge in [-0.05, 0) is 60.2 Å². The Balaban J connectivity index is 1.53. The first-order valence-corrected chi connectivity index (χ1v) is 12.5. The van der Waals surface area contributed by atoms with Crippen molar-refractivity contribution in [2.75, 3.05) is 6.61 Å². The number of ether oxygens (including phenoxy) is 2. The second-order valence-electron chi connectivity index (χ2n) is 7.56. The average Bonchev–Trinajstić information content (AvgIpc) is 3.12. The van der Waals surface area contributed by atoms with E-state index in [1.165, 1.54) is 4.90 Å². The lowest BCUT2D eigenvalue weighted by molar-refractivity contribution is -0.123. The number of nitriles is 1. The molecule has 1 aliphatic heterocycles. The maximum atomic E-state index is 13.0. The number of carbonyl (C=O) groups excluding carboxylic acids is 2. The fourth-order valence-corrected chi connectivity index (χ4v) is 4.75. The number of amides is 2. The number of rotatable bonds is 8. The van der Waals surface area contributed by atoms with Crippen molar-refractivity contribution < 1.29 is 19.1 Å². The third-order valence-corrected chi connectivity index (χ3v) is 6.93. The van der Waals surface area contributed by atoms with Crippen molar-refractivity contribution in [3.63, 3.8) is 0 Å². The summed E-state index contributed by atoms with van der Waals surface area (Å²) in [6, 6.07) is 22.3. The molecule has 35 heavy (non-hydrogen) atoms. The Morgan fingerprint density at radius 3 is 2.49 bits per heavy atom. The van der Waals surface area contributed by atoms with Crippen molar-refractivity contribution in [1.82, 2.24) is 4.90 Å². The molecule has 176 valence electrons. The number of hydrogen-bond donors (Lipinski definition) is 0. The lowest BCUT2D eigenvalue weighted by Gasteiger charge is -2.14. The summed E-state index contributed by atoms with van der Waals surface area (Å²) in [6.07, 6.45) is 1.68. The zero-order valence-corrected chi connectivity index (χ0v) is 21.3. The van der Waals surface area contributed by atoms with Gasteiger partial charge in [0.2, 0.25) is 0 Å². The van der Waals surface area contributed by atoms with Crippen molar-refractivity contribution in [1.29, 1.82) is 5.26 Å². The van der Waals surface area contributed by atoms with Crippen molar-refractivity contribution in [2.45, 2.75) is 20.1 Å². The van der Waals surface area contributed by atoms with Crippen LogP contribution in [0.3, 0.4) is 0 Å². The van der Waals surface area contributed by atoms with E-state index >= 15 is 0 Å². The summed E-state index contributed by atoms with van der Waals surface area (Å²) in [7, 11) is 0. The van der Waals surface area contributed by atoms with Crippen molar-refractivity contribution in [3.8, 4) is 17.6 Å². The summed E-state index contributed by atoms with van der Waals surface area (Å²) < 4.78 is 12.5. The Labute approximate surface area is 216 Å². The summed E-state index contributed by atoms with van der Waals surface area (Å²) in [4.78, 5) is 27.1. The van der Waals surface area contributed by atoms with Gasteiger partial charge in [0.1, 0.15) is 6.61 Å². The topological polar surface area (TPSA) is 79.6 Å². The molecule has 0 saturated carbocycles. The Kier molecular flexibility index (Phi) is 7.91. The van der Waals surface area contributed by atoms with Crippen LogP contribution in [0.25, 0.3) is 6.08 Å². The van der Waals surface area contributed by atoms with Gasteiger partial charge in [-0.1, -0.05) is 58.4 Å². The summed E-state index contributed by atoms with van der Waals surface area (Å²) in [5, 5.41) is 8.98. The lowest BCUT2D eigenvalue weighted by atomic mass is 10.1. The van der Waals surface area contributed by atoms with Gasteiger partial charge in [0, 0.05) is 10.0 Å². The molecular weight excluding hydrogens is 528 g/mol. The quantitative estimate of drug-likeness (QED) is 0.297. The molecule has 1 heterocycles. The predicted octanol–water partition coefficient (Wildman–Crippen LogP) is 6.53. The molecule has 0 aromatic heterocycles. The summed E-state index contributed by atoms with van der Waals surface area (Å²) >= 11 is 4.38. The van der Waals surface area contributed by atoms with Crippen LogP contribution < -0.4 is 9.47 Å². The maximum Gasteiger partial charge on any atom is 0.293 e. The molecule has 4 rings (SSSR count). The third-order valence-electron chi connectivity index (χ3n) is 5.25. The summed E-state index contributed by atoms with van der Waals surface area (Å²) in [6.45, 7) is 2.72. The molecule has 0 radical (unpaired) electrons. The van der Waals surface area contributed by atoms with E-state index < -0.39 is 0 Å². The summed E-state index contributed by atoms with van der Waals surface area (Å²) in [5.74, 6) is 0.712. The van der Waals surface area contributed by atoms with Gasteiger partial charge in [-0.3, -0.25) is 14.5 Å². The van der Waals surface area contributed by atoms with Gasteiger partial charge in [0.05, 0.1) is 29.7 Å². The predicted molar refractivity (Wildman–Crippen MR) is 139 cm³/mol. The Morgan fingerprint density at radius 2 is 1.74 bits per heavy atom. The molecule has 6 nitrogen and oxygen atoms in total. The van der Waals surface area contributed by atoms with E-state index in [0.717, 1.165) is 27.4 Å². The van der Waals surface area contributed by atoms with Crippen LogP contribution in [0.1, 0.15) is 29.2 Å². The molecule has 8 heteroatoms. The van der Waals surface area contributed by atoms with Crippen LogP contribution >= 0.6 is 27.7 Å². The second-order valence-corrected chi connectivity index (χ2v) is 9.40. The van der Waals surface area contributed by atoms with Gasteiger partial charge in [0.15, 0.2) is 11.5 Å². The highest BCUT2D eigenvalue weighted by Crippen LogP contribution is 2.36. The highest BCUT2D eigenvalue weighted by atomic mass is 79.9. The van der Waals surface area contributed by atoms with E-state index in [0.29, 0.717) is 34.1 Å². The highest BCUT2D eigenvalue weighted by molar-refractivity contribution is 9.10. The minimum absolute atomic E-state index is 0.199. The second kappa shape index (κ2) is 11.3. The molecule has 0 aliphatic carbocycles. The zero-order chi connectivity index (χ0) is 24.8. The van der Waals surface area contributed by atoms with E-state index in [-0.39, 0.29) is 24.3 Å². The van der Waals surface area contributed by atoms with Gasteiger partial charge in [-0.2, -0.15) is 5.26 Å². The average molecular weight is 549 g/mol. The molecule has 0 spiro atoms. The molecule has 1 fully saturated rings. The molecule has 3 aromatic carbocycles. The van der Waals surface area contributed by atoms with E-state index in [2.05, 4.69) is 22.0 Å². The number of hydrogen-bond acceptors (Lipinski definition) is 6. The first-order chi connectivity index (χ1) is 17.0. The zero-order valence-electron chi connectivity index (χ0n) is 18.9. The van der Waals surface area contributed by atoms with Gasteiger partial charge >= 0.3 is 0 Å². The van der Waals surface area contributed by atoms with Crippen LogP contribution in [0, 0.1) is 11.3 Å². The first-order valence-electron chi connectivity index (χ1n) is 10.9. The number of carbonyl (C=O) groups is 2. The number of nitrogens with zero attached hydrogens (tertiary/aromatic N) is 2. The van der Waals surface area contributed by atoms with E-state index in [1.807, 2.05) is 49.4 Å². The van der Waals surface area contributed by atoms with Crippen LogP contribution in [-0.2, 0) is 17.9 Å². The van der Waals surface area contributed by atoms with Crippen LogP contribution in [-0.4, -0.2) is 22.7 Å². The molecule has 0 bridgehead atoms. The Hall–Kier alpha value is -3.54. The van der Waals surface area contributed by atoms with Crippen LogP contribution in [0.2, 0.25) is 0 Å². The standard InChI is InChI=1S/C27H21BrN2O4S/c1-2-33-24-13-18(11-12-23(24)34-17-21-9-4-3-7-19(21)15-29)14-25-26(31)30(27(32)35-25)16-20-8-5-6-10-22(20)28/h3-14H,2,16-17H2,1H3/b25-14+. The molecule has 0 N–H and O–H groups in total. The van der Waals surface area contributed by atoms with Gasteiger partial charge in [0.25, 0.3) is 11.1 Å². The van der Waals surface area contributed by atoms with Crippen LogP contribution in [0.15, 0.2) is 76.1 Å². The molecule has 3 aromatic rings. The van der Waals surface area contributed by atoms with Crippen LogP contribution in [0.4, 0.5) is 4.79 Å². The Bertz CT molecular complexity index is 1350. The van der Waals surface area contributed by atoms with Crippen molar-refractivity contribution in [3.05, 3.63) is 98.4 Å². The van der Waals surface area contributed by atoms with Crippen LogP contribution in [0.5, 0.6) is 11.5 Å². The largest absolute Gasteiger partial charge is 0.490 e. The van der Waals surface area contributed by atoms with Gasteiger partial charge in [-0.25, -0.2) is 0 Å². The maximum absolute atomic E-state index is 13.0. The number of thioether (sulfide) groups is 1. The number of imide groups is 1. The summed E-state index contributed by atoms with van der Waals surface area (Å²) in [5.41, 5.74) is 2.90. The monoisotopic (exact) mass is 548 g/mol. The van der Waals surface area contributed by atoms with E-state index in [1.54, 1.807) is 30.3 Å². The van der Waals surface area contributed by atoms with Gasteiger partial charge in [-0.15, -0.1) is 0 Å². The van der Waals surface area contributed by atoms with Crippen molar-refractivity contribution in [2.24, 2.45) is 0 Å². The molecule has 1 saturated heterocycles. The third kappa shape index (κ3) is 5.76. The number of halogens is 1. The fourth-order valence-electron chi connectivity index (χ4n) is 3.50.